The number of halogens is 1. The maximum atomic E-state index is 13.1. The zero-order valence-corrected chi connectivity index (χ0v) is 14.6. The van der Waals surface area contributed by atoms with Gasteiger partial charge in [0.2, 0.25) is 5.91 Å². The van der Waals surface area contributed by atoms with Gasteiger partial charge in [0.1, 0.15) is 11.2 Å². The molecule has 2 heterocycles. The predicted molar refractivity (Wildman–Crippen MR) is 95.6 cm³/mol. The number of benzene rings is 1. The first-order chi connectivity index (χ1) is 12.5. The molecule has 26 heavy (non-hydrogen) atoms. The Bertz CT molecular complexity index is 977. The Morgan fingerprint density at radius 3 is 2.73 bits per heavy atom. The average molecular weight is 357 g/mol. The highest BCUT2D eigenvalue weighted by atomic mass is 19.1. The summed E-state index contributed by atoms with van der Waals surface area (Å²) in [7, 11) is 0. The molecule has 0 fully saturated rings. The second-order valence-electron chi connectivity index (χ2n) is 6.14. The van der Waals surface area contributed by atoms with E-state index in [1.807, 2.05) is 13.8 Å². The van der Waals surface area contributed by atoms with E-state index in [9.17, 15) is 14.0 Å². The Hall–Kier alpha value is -3.03. The number of amides is 1. The monoisotopic (exact) mass is 357 g/mol. The smallest absolute Gasteiger partial charge is 0.264 e. The molecule has 0 saturated carbocycles. The van der Waals surface area contributed by atoms with E-state index >= 15 is 0 Å². The van der Waals surface area contributed by atoms with Crippen LogP contribution in [0.3, 0.4) is 0 Å². The largest absolute Gasteiger partial charge is 0.354 e. The summed E-state index contributed by atoms with van der Waals surface area (Å²) in [5, 5.41) is 7.39. The van der Waals surface area contributed by atoms with Gasteiger partial charge >= 0.3 is 0 Å². The number of aryl methyl sites for hydroxylation is 1. The molecule has 0 spiro atoms. The fourth-order valence-electron chi connectivity index (χ4n) is 2.55. The first kappa shape index (κ1) is 17.8. The molecule has 3 rings (SSSR count). The molecule has 136 valence electrons. The second kappa shape index (κ2) is 7.47. The molecule has 7 nitrogen and oxygen atoms in total. The Morgan fingerprint density at radius 1 is 1.31 bits per heavy atom. The van der Waals surface area contributed by atoms with Gasteiger partial charge in [-0.25, -0.2) is 14.1 Å². The molecule has 0 radical (unpaired) electrons. The number of carbonyl (C=O) groups excluding carboxylic acids is 1. The average Bonchev–Trinajstić information content (AvgIpc) is 3.06. The Morgan fingerprint density at radius 2 is 2.04 bits per heavy atom. The van der Waals surface area contributed by atoms with Crippen LogP contribution in [0.2, 0.25) is 0 Å². The summed E-state index contributed by atoms with van der Waals surface area (Å²) < 4.78 is 16.0. The third kappa shape index (κ3) is 3.63. The molecular formula is C18H20FN5O2. The molecule has 0 bridgehead atoms. The van der Waals surface area contributed by atoms with Crippen LogP contribution in [0.4, 0.5) is 4.39 Å². The third-order valence-corrected chi connectivity index (χ3v) is 4.23. The van der Waals surface area contributed by atoms with Crippen molar-refractivity contribution in [2.45, 2.75) is 39.3 Å². The van der Waals surface area contributed by atoms with Crippen LogP contribution in [-0.2, 0) is 11.3 Å². The lowest BCUT2D eigenvalue weighted by Crippen LogP contribution is -2.33. The van der Waals surface area contributed by atoms with Crippen molar-refractivity contribution in [1.82, 2.24) is 24.6 Å². The number of nitrogens with one attached hydrogen (secondary N) is 1. The Balaban J connectivity index is 1.83. The Labute approximate surface area is 149 Å². The minimum Gasteiger partial charge on any atom is -0.354 e. The fraction of sp³-hybridized carbons (Fsp3) is 0.333. The number of rotatable bonds is 6. The topological polar surface area (TPSA) is 81.8 Å². The molecule has 1 atom stereocenters. The van der Waals surface area contributed by atoms with Gasteiger partial charge in [-0.3, -0.25) is 14.2 Å². The van der Waals surface area contributed by atoms with E-state index in [-0.39, 0.29) is 36.3 Å². The van der Waals surface area contributed by atoms with E-state index in [1.165, 1.54) is 33.9 Å². The Kier molecular flexibility index (Phi) is 5.11. The lowest BCUT2D eigenvalue weighted by molar-refractivity contribution is -0.121. The molecule has 0 aliphatic carbocycles. The van der Waals surface area contributed by atoms with E-state index in [0.717, 1.165) is 6.42 Å². The van der Waals surface area contributed by atoms with Crippen molar-refractivity contribution in [1.29, 1.82) is 0 Å². The van der Waals surface area contributed by atoms with E-state index in [4.69, 9.17) is 0 Å². The predicted octanol–water partition coefficient (Wildman–Crippen LogP) is 2.03. The zero-order valence-electron chi connectivity index (χ0n) is 14.6. The molecule has 2 aromatic heterocycles. The van der Waals surface area contributed by atoms with Gasteiger partial charge in [-0.15, -0.1) is 0 Å². The molecule has 1 N–H and O–H groups in total. The molecule has 8 heteroatoms. The van der Waals surface area contributed by atoms with Crippen LogP contribution >= 0.6 is 0 Å². The van der Waals surface area contributed by atoms with Crippen LogP contribution in [-0.4, -0.2) is 31.3 Å². The van der Waals surface area contributed by atoms with E-state index in [0.29, 0.717) is 16.7 Å². The van der Waals surface area contributed by atoms with E-state index in [2.05, 4.69) is 15.4 Å². The number of hydrogen-bond acceptors (Lipinski definition) is 4. The van der Waals surface area contributed by atoms with E-state index in [1.54, 1.807) is 12.1 Å². The first-order valence-corrected chi connectivity index (χ1v) is 8.48. The maximum Gasteiger partial charge on any atom is 0.264 e. The second-order valence-corrected chi connectivity index (χ2v) is 6.14. The molecule has 1 aromatic carbocycles. The normalized spacial score (nSPS) is 12.3. The van der Waals surface area contributed by atoms with Gasteiger partial charge in [0.15, 0.2) is 5.65 Å². The van der Waals surface area contributed by atoms with Crippen molar-refractivity contribution < 1.29 is 9.18 Å². The van der Waals surface area contributed by atoms with Gasteiger partial charge in [-0.2, -0.15) is 5.10 Å². The fourth-order valence-corrected chi connectivity index (χ4v) is 2.55. The van der Waals surface area contributed by atoms with Gasteiger partial charge in [0.25, 0.3) is 5.56 Å². The molecule has 1 amide bonds. The molecule has 1 unspecified atom stereocenters. The van der Waals surface area contributed by atoms with Crippen LogP contribution in [0.1, 0.15) is 26.7 Å². The van der Waals surface area contributed by atoms with Crippen molar-refractivity contribution in [3.63, 3.8) is 0 Å². The van der Waals surface area contributed by atoms with Crippen LogP contribution < -0.4 is 10.9 Å². The van der Waals surface area contributed by atoms with E-state index < -0.39 is 0 Å². The minimum absolute atomic E-state index is 0.103. The number of aromatic nitrogens is 4. The zero-order chi connectivity index (χ0) is 18.7. The van der Waals surface area contributed by atoms with Gasteiger partial charge < -0.3 is 5.32 Å². The summed E-state index contributed by atoms with van der Waals surface area (Å²) in [6.45, 7) is 4.17. The van der Waals surface area contributed by atoms with Gasteiger partial charge in [0.05, 0.1) is 18.2 Å². The molecule has 3 aromatic rings. The summed E-state index contributed by atoms with van der Waals surface area (Å²) in [5.74, 6) is -0.454. The molecular weight excluding hydrogens is 337 g/mol. The number of carbonyl (C=O) groups is 1. The number of fused-ring (bicyclic) bond motifs is 1. The molecule has 0 saturated heterocycles. The van der Waals surface area contributed by atoms with Crippen molar-refractivity contribution in [2.75, 3.05) is 0 Å². The van der Waals surface area contributed by atoms with Gasteiger partial charge in [-0.1, -0.05) is 6.92 Å². The number of hydrogen-bond donors (Lipinski definition) is 1. The standard InChI is InChI=1S/C18H20FN5O2/c1-3-12(2)22-16(25)8-9-23-11-20-17-15(18(23)26)10-21-24(17)14-6-4-13(19)5-7-14/h4-7,10-12H,3,8-9H2,1-2H3,(H,22,25). The summed E-state index contributed by atoms with van der Waals surface area (Å²) in [4.78, 5) is 28.8. The van der Waals surface area contributed by atoms with Crippen LogP contribution in [0.5, 0.6) is 0 Å². The third-order valence-electron chi connectivity index (χ3n) is 4.23. The van der Waals surface area contributed by atoms with Crippen molar-refractivity contribution >= 4 is 16.9 Å². The lowest BCUT2D eigenvalue weighted by atomic mass is 10.2. The summed E-state index contributed by atoms with van der Waals surface area (Å²) in [6, 6.07) is 5.87. The van der Waals surface area contributed by atoms with Crippen LogP contribution in [0, 0.1) is 5.82 Å². The summed E-state index contributed by atoms with van der Waals surface area (Å²) >= 11 is 0. The SMILES string of the molecule is CCC(C)NC(=O)CCn1cnc2c(cnn2-c2ccc(F)cc2)c1=O. The summed E-state index contributed by atoms with van der Waals surface area (Å²) in [5.41, 5.74) is 0.737. The lowest BCUT2D eigenvalue weighted by Gasteiger charge is -2.11. The highest BCUT2D eigenvalue weighted by Gasteiger charge is 2.13. The molecule has 0 aliphatic rings. The first-order valence-electron chi connectivity index (χ1n) is 8.48. The van der Waals surface area contributed by atoms with Crippen molar-refractivity contribution in [2.24, 2.45) is 0 Å². The number of nitrogens with zero attached hydrogens (tertiary/aromatic N) is 4. The van der Waals surface area contributed by atoms with Crippen molar-refractivity contribution in [3.05, 3.63) is 53.0 Å². The molecule has 0 aliphatic heterocycles. The van der Waals surface area contributed by atoms with Crippen molar-refractivity contribution in [3.8, 4) is 5.69 Å². The van der Waals surface area contributed by atoms with Crippen LogP contribution in [0.15, 0.2) is 41.6 Å². The van der Waals surface area contributed by atoms with Gasteiger partial charge in [-0.05, 0) is 37.6 Å². The van der Waals surface area contributed by atoms with Gasteiger partial charge in [0, 0.05) is 19.0 Å². The summed E-state index contributed by atoms with van der Waals surface area (Å²) in [6.07, 6.45) is 3.89. The minimum atomic E-state index is -0.351. The van der Waals surface area contributed by atoms with Crippen LogP contribution in [0.25, 0.3) is 16.7 Å². The quantitative estimate of drug-likeness (QED) is 0.732. The maximum absolute atomic E-state index is 13.1. The highest BCUT2D eigenvalue weighted by Crippen LogP contribution is 2.14. The highest BCUT2D eigenvalue weighted by molar-refractivity contribution is 5.76.